The Bertz CT molecular complexity index is 1010. The lowest BCUT2D eigenvalue weighted by Gasteiger charge is -2.24. The summed E-state index contributed by atoms with van der Waals surface area (Å²) < 4.78 is 1.44. The largest absolute Gasteiger partial charge is 0.350 e. The second kappa shape index (κ2) is 8.02. The summed E-state index contributed by atoms with van der Waals surface area (Å²) in [4.78, 5) is 32.6. The second-order valence-electron chi connectivity index (χ2n) is 6.91. The third-order valence-electron chi connectivity index (χ3n) is 4.76. The van der Waals surface area contributed by atoms with Crippen LogP contribution in [0, 0.1) is 6.92 Å². The summed E-state index contributed by atoms with van der Waals surface area (Å²) in [6, 6.07) is 10.4. The van der Waals surface area contributed by atoms with Gasteiger partial charge in [0.2, 0.25) is 0 Å². The standard InChI is InChI=1S/C20H24N4O2S/c1-13-16-19(22-12-24(4)20(16)26)27-17(13)18(25)21-11-15(23(2)3)10-14-8-6-5-7-9-14/h5-9,12,15H,10-11H2,1-4H3,(H,21,25). The van der Waals surface area contributed by atoms with Gasteiger partial charge in [0, 0.05) is 19.6 Å². The van der Waals surface area contributed by atoms with E-state index in [1.807, 2.05) is 39.2 Å². The van der Waals surface area contributed by atoms with Gasteiger partial charge < -0.3 is 14.8 Å². The van der Waals surface area contributed by atoms with Crippen molar-refractivity contribution in [1.29, 1.82) is 0 Å². The van der Waals surface area contributed by atoms with Gasteiger partial charge in [-0.05, 0) is 38.6 Å². The molecule has 0 saturated heterocycles. The Balaban J connectivity index is 1.76. The number of thiophene rings is 1. The number of hydrogen-bond donors (Lipinski definition) is 1. The van der Waals surface area contributed by atoms with Crippen molar-refractivity contribution in [1.82, 2.24) is 19.8 Å². The average molecular weight is 385 g/mol. The van der Waals surface area contributed by atoms with Gasteiger partial charge in [-0.3, -0.25) is 9.59 Å². The predicted molar refractivity (Wildman–Crippen MR) is 110 cm³/mol. The van der Waals surface area contributed by atoms with Gasteiger partial charge in [-0.1, -0.05) is 30.3 Å². The molecule has 142 valence electrons. The smallest absolute Gasteiger partial charge is 0.262 e. The van der Waals surface area contributed by atoms with E-state index in [0.29, 0.717) is 27.2 Å². The molecule has 1 amide bonds. The molecule has 1 aromatic carbocycles. The first-order valence-corrected chi connectivity index (χ1v) is 9.63. The van der Waals surface area contributed by atoms with Crippen molar-refractivity contribution in [3.8, 4) is 0 Å². The number of carbonyl (C=O) groups is 1. The number of aryl methyl sites for hydroxylation is 2. The van der Waals surface area contributed by atoms with Crippen LogP contribution in [0.4, 0.5) is 0 Å². The highest BCUT2D eigenvalue weighted by atomic mass is 32.1. The molecule has 1 atom stereocenters. The van der Waals surface area contributed by atoms with E-state index in [-0.39, 0.29) is 17.5 Å². The topological polar surface area (TPSA) is 67.2 Å². The fourth-order valence-corrected chi connectivity index (χ4v) is 4.10. The van der Waals surface area contributed by atoms with Crippen LogP contribution in [0.2, 0.25) is 0 Å². The summed E-state index contributed by atoms with van der Waals surface area (Å²) in [5.74, 6) is -0.155. The molecule has 2 aromatic heterocycles. The van der Waals surface area contributed by atoms with E-state index in [0.717, 1.165) is 6.42 Å². The highest BCUT2D eigenvalue weighted by Gasteiger charge is 2.20. The Labute approximate surface area is 162 Å². The molecule has 0 bridgehead atoms. The molecule has 0 aliphatic carbocycles. The van der Waals surface area contributed by atoms with Crippen LogP contribution in [-0.2, 0) is 13.5 Å². The first kappa shape index (κ1) is 19.3. The maximum absolute atomic E-state index is 12.8. The van der Waals surface area contributed by atoms with Crippen LogP contribution >= 0.6 is 11.3 Å². The highest BCUT2D eigenvalue weighted by molar-refractivity contribution is 7.20. The van der Waals surface area contributed by atoms with E-state index in [1.165, 1.54) is 27.8 Å². The van der Waals surface area contributed by atoms with Gasteiger partial charge in [-0.2, -0.15) is 0 Å². The number of nitrogens with one attached hydrogen (secondary N) is 1. The van der Waals surface area contributed by atoms with E-state index in [4.69, 9.17) is 0 Å². The summed E-state index contributed by atoms with van der Waals surface area (Å²) in [6.07, 6.45) is 2.34. The van der Waals surface area contributed by atoms with Crippen LogP contribution in [0.15, 0.2) is 41.5 Å². The zero-order valence-electron chi connectivity index (χ0n) is 16.0. The summed E-state index contributed by atoms with van der Waals surface area (Å²) >= 11 is 1.27. The van der Waals surface area contributed by atoms with Crippen LogP contribution in [0.3, 0.4) is 0 Å². The second-order valence-corrected chi connectivity index (χ2v) is 7.91. The molecule has 0 saturated carbocycles. The van der Waals surface area contributed by atoms with Crippen LogP contribution in [0.5, 0.6) is 0 Å². The number of amides is 1. The van der Waals surface area contributed by atoms with Crippen molar-refractivity contribution in [2.75, 3.05) is 20.6 Å². The van der Waals surface area contributed by atoms with Crippen molar-refractivity contribution in [3.63, 3.8) is 0 Å². The normalized spacial score (nSPS) is 12.5. The number of aromatic nitrogens is 2. The van der Waals surface area contributed by atoms with Gasteiger partial charge in [0.1, 0.15) is 4.83 Å². The van der Waals surface area contributed by atoms with Gasteiger partial charge in [-0.15, -0.1) is 11.3 Å². The van der Waals surface area contributed by atoms with Crippen LogP contribution in [0.25, 0.3) is 10.2 Å². The minimum Gasteiger partial charge on any atom is -0.350 e. The molecule has 1 N–H and O–H groups in total. The van der Waals surface area contributed by atoms with E-state index < -0.39 is 0 Å². The third kappa shape index (κ3) is 4.09. The van der Waals surface area contributed by atoms with Crippen molar-refractivity contribution in [2.24, 2.45) is 7.05 Å². The van der Waals surface area contributed by atoms with E-state index >= 15 is 0 Å². The highest BCUT2D eigenvalue weighted by Crippen LogP contribution is 2.26. The molecule has 0 aliphatic heterocycles. The molecule has 0 aliphatic rings. The first-order valence-electron chi connectivity index (χ1n) is 8.81. The molecule has 1 unspecified atom stereocenters. The Morgan fingerprint density at radius 3 is 2.67 bits per heavy atom. The van der Waals surface area contributed by atoms with E-state index in [1.54, 1.807) is 7.05 Å². The molecule has 0 fully saturated rings. The van der Waals surface area contributed by atoms with Gasteiger partial charge in [-0.25, -0.2) is 4.98 Å². The summed E-state index contributed by atoms with van der Waals surface area (Å²) in [6.45, 7) is 2.34. The fourth-order valence-electron chi connectivity index (χ4n) is 3.04. The molecule has 0 spiro atoms. The lowest BCUT2D eigenvalue weighted by Crippen LogP contribution is -2.41. The number of likely N-dealkylation sites (N-methyl/N-ethyl adjacent to an activating group) is 1. The molecule has 6 nitrogen and oxygen atoms in total. The lowest BCUT2D eigenvalue weighted by molar-refractivity contribution is 0.0945. The number of hydrogen-bond acceptors (Lipinski definition) is 5. The Kier molecular flexibility index (Phi) is 5.72. The number of nitrogens with zero attached hydrogens (tertiary/aromatic N) is 3. The van der Waals surface area contributed by atoms with Crippen LogP contribution < -0.4 is 10.9 Å². The molecular weight excluding hydrogens is 360 g/mol. The molecule has 2 heterocycles. The van der Waals surface area contributed by atoms with Gasteiger partial charge in [0.15, 0.2) is 0 Å². The van der Waals surface area contributed by atoms with Crippen molar-refractivity contribution in [3.05, 3.63) is 63.0 Å². The van der Waals surface area contributed by atoms with Gasteiger partial charge >= 0.3 is 0 Å². The molecule has 0 radical (unpaired) electrons. The molecule has 3 rings (SSSR count). The Morgan fingerprint density at radius 2 is 2.00 bits per heavy atom. The number of carbonyl (C=O) groups excluding carboxylic acids is 1. The minimum atomic E-state index is -0.155. The van der Waals surface area contributed by atoms with Gasteiger partial charge in [0.05, 0.1) is 16.6 Å². The Hall–Kier alpha value is -2.51. The molecule has 3 aromatic rings. The van der Waals surface area contributed by atoms with Crippen molar-refractivity contribution in [2.45, 2.75) is 19.4 Å². The Morgan fingerprint density at radius 1 is 1.30 bits per heavy atom. The van der Waals surface area contributed by atoms with Crippen LogP contribution in [0.1, 0.15) is 20.8 Å². The lowest BCUT2D eigenvalue weighted by atomic mass is 10.1. The summed E-state index contributed by atoms with van der Waals surface area (Å²) in [7, 11) is 5.69. The average Bonchev–Trinajstić information content (AvgIpc) is 2.99. The predicted octanol–water partition coefficient (Wildman–Crippen LogP) is 2.21. The quantitative estimate of drug-likeness (QED) is 0.708. The maximum atomic E-state index is 12.8. The van der Waals surface area contributed by atoms with E-state index in [9.17, 15) is 9.59 Å². The zero-order valence-corrected chi connectivity index (χ0v) is 16.8. The van der Waals surface area contributed by atoms with Crippen LogP contribution in [-0.4, -0.2) is 47.0 Å². The van der Waals surface area contributed by atoms with Crippen molar-refractivity contribution >= 4 is 27.5 Å². The fraction of sp³-hybridized carbons (Fsp3) is 0.350. The first-order chi connectivity index (χ1) is 12.9. The molecular formula is C20H24N4O2S. The minimum absolute atomic E-state index is 0.122. The molecule has 27 heavy (non-hydrogen) atoms. The number of benzene rings is 1. The summed E-state index contributed by atoms with van der Waals surface area (Å²) in [5.41, 5.74) is 1.81. The number of rotatable bonds is 6. The zero-order chi connectivity index (χ0) is 19.6. The maximum Gasteiger partial charge on any atom is 0.262 e. The third-order valence-corrected chi connectivity index (χ3v) is 5.96. The monoisotopic (exact) mass is 384 g/mol. The van der Waals surface area contributed by atoms with Crippen molar-refractivity contribution < 1.29 is 4.79 Å². The molecule has 7 heteroatoms. The summed E-state index contributed by atoms with van der Waals surface area (Å²) in [5, 5.41) is 3.56. The van der Waals surface area contributed by atoms with Gasteiger partial charge in [0.25, 0.3) is 11.5 Å². The number of fused-ring (bicyclic) bond motifs is 1. The SMILES string of the molecule is Cc1c(C(=O)NCC(Cc2ccccc2)N(C)C)sc2ncn(C)c(=O)c12. The van der Waals surface area contributed by atoms with E-state index in [2.05, 4.69) is 27.3 Å².